The fourth-order valence-electron chi connectivity index (χ4n) is 3.15. The fraction of sp³-hybridized carbons (Fsp3) is 0.706. The normalized spacial score (nSPS) is 19.8. The largest absolute Gasteiger partial charge is 0.379 e. The topological polar surface area (TPSA) is 73.8 Å². The van der Waals surface area contributed by atoms with Crippen LogP contribution in [0.2, 0.25) is 0 Å². The van der Waals surface area contributed by atoms with Crippen molar-refractivity contribution in [3.8, 4) is 0 Å². The molecule has 138 valence electrons. The number of nitrogens with zero attached hydrogens (tertiary/aromatic N) is 5. The summed E-state index contributed by atoms with van der Waals surface area (Å²) in [6.07, 6.45) is 0. The van der Waals surface area contributed by atoms with Gasteiger partial charge in [-0.05, 0) is 18.7 Å². The van der Waals surface area contributed by atoms with E-state index in [4.69, 9.17) is 4.74 Å². The number of morpholine rings is 1. The van der Waals surface area contributed by atoms with Gasteiger partial charge < -0.3 is 19.9 Å². The molecule has 0 bridgehead atoms. The first-order valence-corrected chi connectivity index (χ1v) is 9.15. The van der Waals surface area contributed by atoms with Gasteiger partial charge in [-0.3, -0.25) is 9.69 Å². The van der Waals surface area contributed by atoms with Gasteiger partial charge in [0.1, 0.15) is 0 Å². The zero-order valence-corrected chi connectivity index (χ0v) is 15.0. The number of rotatable bonds is 6. The van der Waals surface area contributed by atoms with E-state index in [0.717, 1.165) is 71.4 Å². The summed E-state index contributed by atoms with van der Waals surface area (Å²) in [6.45, 7) is 12.1. The summed E-state index contributed by atoms with van der Waals surface area (Å²) in [5.41, 5.74) is 0.373. The maximum absolute atomic E-state index is 12.2. The number of aromatic nitrogens is 2. The number of likely N-dealkylation sites (N-methyl/N-ethyl adjacent to an activating group) is 1. The minimum absolute atomic E-state index is 0.164. The van der Waals surface area contributed by atoms with E-state index in [1.165, 1.54) is 0 Å². The Bertz CT molecular complexity index is 539. The molecule has 2 fully saturated rings. The van der Waals surface area contributed by atoms with Crippen molar-refractivity contribution in [2.24, 2.45) is 0 Å². The van der Waals surface area contributed by atoms with E-state index in [-0.39, 0.29) is 5.91 Å². The number of carbonyl (C=O) groups is 1. The highest BCUT2D eigenvalue weighted by Crippen LogP contribution is 2.12. The Morgan fingerprint density at radius 1 is 1.08 bits per heavy atom. The van der Waals surface area contributed by atoms with Crippen molar-refractivity contribution in [1.82, 2.24) is 25.3 Å². The predicted octanol–water partition coefficient (Wildman–Crippen LogP) is -0.319. The average Bonchev–Trinajstić information content (AvgIpc) is 2.69. The van der Waals surface area contributed by atoms with Crippen LogP contribution in [0.1, 0.15) is 17.4 Å². The molecule has 3 rings (SSSR count). The van der Waals surface area contributed by atoms with Gasteiger partial charge >= 0.3 is 0 Å². The van der Waals surface area contributed by atoms with E-state index >= 15 is 0 Å². The number of hydrogen-bond donors (Lipinski definition) is 1. The van der Waals surface area contributed by atoms with Crippen LogP contribution in [0, 0.1) is 0 Å². The summed E-state index contributed by atoms with van der Waals surface area (Å²) in [5.74, 6) is 0.684. The lowest BCUT2D eigenvalue weighted by molar-refractivity contribution is 0.0383. The Morgan fingerprint density at radius 3 is 2.48 bits per heavy atom. The molecule has 0 radical (unpaired) electrons. The van der Waals surface area contributed by atoms with Crippen LogP contribution < -0.4 is 10.2 Å². The quantitative estimate of drug-likeness (QED) is 0.755. The number of amides is 1. The van der Waals surface area contributed by atoms with E-state index in [2.05, 4.69) is 37.1 Å². The third-order valence-corrected chi connectivity index (χ3v) is 4.84. The van der Waals surface area contributed by atoms with Crippen LogP contribution in [-0.2, 0) is 4.74 Å². The van der Waals surface area contributed by atoms with Crippen LogP contribution in [0.4, 0.5) is 5.82 Å². The molecule has 0 spiro atoms. The third-order valence-electron chi connectivity index (χ3n) is 4.84. The maximum Gasteiger partial charge on any atom is 0.271 e. The van der Waals surface area contributed by atoms with Gasteiger partial charge in [0.2, 0.25) is 0 Å². The lowest BCUT2D eigenvalue weighted by atomic mass is 10.3. The van der Waals surface area contributed by atoms with Gasteiger partial charge in [0.15, 0.2) is 11.5 Å². The van der Waals surface area contributed by atoms with Crippen molar-refractivity contribution in [2.45, 2.75) is 6.92 Å². The molecule has 2 aliphatic heterocycles. The molecule has 2 saturated heterocycles. The minimum Gasteiger partial charge on any atom is -0.379 e. The van der Waals surface area contributed by atoms with Crippen molar-refractivity contribution >= 4 is 11.7 Å². The van der Waals surface area contributed by atoms with Gasteiger partial charge in [-0.15, -0.1) is 10.2 Å². The summed E-state index contributed by atoms with van der Waals surface area (Å²) >= 11 is 0. The molecule has 0 aliphatic carbocycles. The number of piperazine rings is 1. The van der Waals surface area contributed by atoms with Crippen LogP contribution >= 0.6 is 0 Å². The molecule has 25 heavy (non-hydrogen) atoms. The smallest absolute Gasteiger partial charge is 0.271 e. The van der Waals surface area contributed by atoms with Gasteiger partial charge in [-0.2, -0.15) is 0 Å². The Hall–Kier alpha value is -1.77. The molecule has 8 heteroatoms. The Labute approximate surface area is 149 Å². The standard InChI is InChI=1S/C17H28N6O2/c1-2-21-7-9-23(10-8-21)16-4-3-15(19-20-16)17(24)18-5-6-22-11-13-25-14-12-22/h3-4H,2,5-14H2,1H3,(H,18,24). The second kappa shape index (κ2) is 9.07. The molecule has 0 unspecified atom stereocenters. The molecular weight excluding hydrogens is 320 g/mol. The first-order valence-electron chi connectivity index (χ1n) is 9.15. The molecule has 2 aliphatic rings. The van der Waals surface area contributed by atoms with Gasteiger partial charge in [0.25, 0.3) is 5.91 Å². The van der Waals surface area contributed by atoms with Crippen LogP contribution in [0.5, 0.6) is 0 Å². The summed E-state index contributed by atoms with van der Waals surface area (Å²) in [5, 5.41) is 11.3. The molecule has 1 N–H and O–H groups in total. The van der Waals surface area contributed by atoms with Gasteiger partial charge in [-0.1, -0.05) is 6.92 Å². The Kier molecular flexibility index (Phi) is 6.55. The second-order valence-corrected chi connectivity index (χ2v) is 6.41. The number of nitrogens with one attached hydrogen (secondary N) is 1. The van der Waals surface area contributed by atoms with Gasteiger partial charge in [-0.25, -0.2) is 0 Å². The molecule has 0 aromatic carbocycles. The summed E-state index contributed by atoms with van der Waals surface area (Å²) in [6, 6.07) is 3.66. The third kappa shape index (κ3) is 5.10. The second-order valence-electron chi connectivity index (χ2n) is 6.41. The summed E-state index contributed by atoms with van der Waals surface area (Å²) < 4.78 is 5.32. The van der Waals surface area contributed by atoms with Gasteiger partial charge in [0, 0.05) is 52.4 Å². The van der Waals surface area contributed by atoms with E-state index in [1.807, 2.05) is 6.07 Å². The Morgan fingerprint density at radius 2 is 1.84 bits per heavy atom. The zero-order valence-electron chi connectivity index (χ0n) is 15.0. The lowest BCUT2D eigenvalue weighted by Crippen LogP contribution is -2.46. The highest BCUT2D eigenvalue weighted by molar-refractivity contribution is 5.92. The van der Waals surface area contributed by atoms with Crippen molar-refractivity contribution in [3.63, 3.8) is 0 Å². The highest BCUT2D eigenvalue weighted by Gasteiger charge is 2.18. The predicted molar refractivity (Wildman–Crippen MR) is 96.0 cm³/mol. The van der Waals surface area contributed by atoms with Crippen LogP contribution in [0.25, 0.3) is 0 Å². The fourth-order valence-corrected chi connectivity index (χ4v) is 3.15. The minimum atomic E-state index is -0.164. The average molecular weight is 348 g/mol. The van der Waals surface area contributed by atoms with E-state index in [9.17, 15) is 4.79 Å². The highest BCUT2D eigenvalue weighted by atomic mass is 16.5. The molecule has 3 heterocycles. The van der Waals surface area contributed by atoms with Crippen molar-refractivity contribution in [3.05, 3.63) is 17.8 Å². The first kappa shape index (κ1) is 18.0. The molecule has 8 nitrogen and oxygen atoms in total. The van der Waals surface area contributed by atoms with Crippen LogP contribution in [0.15, 0.2) is 12.1 Å². The van der Waals surface area contributed by atoms with Crippen molar-refractivity contribution in [1.29, 1.82) is 0 Å². The first-order chi connectivity index (χ1) is 12.3. The monoisotopic (exact) mass is 348 g/mol. The van der Waals surface area contributed by atoms with E-state index in [0.29, 0.717) is 12.2 Å². The number of carbonyl (C=O) groups excluding carboxylic acids is 1. The molecule has 0 saturated carbocycles. The number of hydrogen-bond acceptors (Lipinski definition) is 7. The van der Waals surface area contributed by atoms with Crippen LogP contribution in [-0.4, -0.2) is 98.0 Å². The van der Waals surface area contributed by atoms with E-state index in [1.54, 1.807) is 6.07 Å². The summed E-state index contributed by atoms with van der Waals surface area (Å²) in [7, 11) is 0. The van der Waals surface area contributed by atoms with E-state index < -0.39 is 0 Å². The van der Waals surface area contributed by atoms with Gasteiger partial charge in [0.05, 0.1) is 13.2 Å². The molecule has 0 atom stereocenters. The summed E-state index contributed by atoms with van der Waals surface area (Å²) in [4.78, 5) is 19.1. The number of ether oxygens (including phenoxy) is 1. The molecule has 1 aromatic rings. The molecule has 1 aromatic heterocycles. The molecular formula is C17H28N6O2. The number of anilines is 1. The zero-order chi connectivity index (χ0) is 17.5. The van der Waals surface area contributed by atoms with Crippen LogP contribution in [0.3, 0.4) is 0 Å². The maximum atomic E-state index is 12.2. The van der Waals surface area contributed by atoms with Crippen molar-refractivity contribution in [2.75, 3.05) is 77.0 Å². The lowest BCUT2D eigenvalue weighted by Gasteiger charge is -2.34. The molecule has 1 amide bonds. The SMILES string of the molecule is CCN1CCN(c2ccc(C(=O)NCCN3CCOCC3)nn2)CC1. The Balaban J connectivity index is 1.44. The van der Waals surface area contributed by atoms with Crippen molar-refractivity contribution < 1.29 is 9.53 Å².